The maximum absolute atomic E-state index is 6.00. The summed E-state index contributed by atoms with van der Waals surface area (Å²) in [5.74, 6) is 0.528. The van der Waals surface area contributed by atoms with Gasteiger partial charge in [-0.25, -0.2) is 4.68 Å². The molecule has 0 amide bonds. The molecule has 0 bridgehead atoms. The highest BCUT2D eigenvalue weighted by molar-refractivity contribution is 5.37. The topological polar surface area (TPSA) is 66.0 Å². The van der Waals surface area contributed by atoms with Crippen LogP contribution < -0.4 is 5.73 Å². The Labute approximate surface area is 109 Å². The Morgan fingerprint density at radius 3 is 2.61 bits per heavy atom. The number of nitrogen functional groups attached to an aromatic ring is 1. The molecule has 1 aromatic rings. The number of nitrogens with two attached hydrogens (primary N) is 1. The summed E-state index contributed by atoms with van der Waals surface area (Å²) >= 11 is 0. The van der Waals surface area contributed by atoms with E-state index >= 15 is 0 Å². The molecule has 5 nitrogen and oxygen atoms in total. The molecule has 1 fully saturated rings. The lowest BCUT2D eigenvalue weighted by Crippen LogP contribution is -2.27. The SMILES string of the molecule is CC1(C)CCC(Cn2nnc(N)c2C(C)(C)C)O1. The Morgan fingerprint density at radius 1 is 1.44 bits per heavy atom. The standard InChI is InChI=1S/C13H24N4O/c1-12(2,3)10-11(14)15-16-17(10)8-9-6-7-13(4,5)18-9/h9H,6-8,14H2,1-5H3. The molecule has 1 aliphatic heterocycles. The fourth-order valence-electron chi connectivity index (χ4n) is 2.62. The number of ether oxygens (including phenoxy) is 1. The van der Waals surface area contributed by atoms with Gasteiger partial charge in [0.05, 0.1) is 23.9 Å². The Balaban J connectivity index is 2.16. The first-order chi connectivity index (χ1) is 8.19. The summed E-state index contributed by atoms with van der Waals surface area (Å²) in [5, 5.41) is 8.15. The van der Waals surface area contributed by atoms with Crippen molar-refractivity contribution in [3.63, 3.8) is 0 Å². The first-order valence-electron chi connectivity index (χ1n) is 6.56. The monoisotopic (exact) mass is 252 g/mol. The second-order valence-corrected chi connectivity index (χ2v) is 6.79. The van der Waals surface area contributed by atoms with Crippen LogP contribution in [0.4, 0.5) is 5.82 Å². The van der Waals surface area contributed by atoms with E-state index in [1.54, 1.807) is 0 Å². The number of rotatable bonds is 2. The number of anilines is 1. The summed E-state index contributed by atoms with van der Waals surface area (Å²) in [4.78, 5) is 0. The van der Waals surface area contributed by atoms with E-state index in [1.807, 2.05) is 4.68 Å². The highest BCUT2D eigenvalue weighted by atomic mass is 16.5. The molecule has 0 aliphatic carbocycles. The van der Waals surface area contributed by atoms with Crippen LogP contribution in [0.2, 0.25) is 0 Å². The fourth-order valence-corrected chi connectivity index (χ4v) is 2.62. The summed E-state index contributed by atoms with van der Waals surface area (Å²) in [6, 6.07) is 0. The van der Waals surface area contributed by atoms with Crippen LogP contribution in [-0.4, -0.2) is 26.7 Å². The molecule has 5 heteroatoms. The third-order valence-corrected chi connectivity index (χ3v) is 3.40. The molecule has 1 saturated heterocycles. The highest BCUT2D eigenvalue weighted by Crippen LogP contribution is 2.32. The van der Waals surface area contributed by atoms with E-state index < -0.39 is 0 Å². The van der Waals surface area contributed by atoms with Crippen LogP contribution in [0.25, 0.3) is 0 Å². The minimum Gasteiger partial charge on any atom is -0.381 e. The van der Waals surface area contributed by atoms with Crippen LogP contribution in [0, 0.1) is 0 Å². The van der Waals surface area contributed by atoms with Gasteiger partial charge in [0, 0.05) is 5.41 Å². The van der Waals surface area contributed by atoms with Crippen LogP contribution in [0.1, 0.15) is 53.2 Å². The van der Waals surface area contributed by atoms with Gasteiger partial charge in [-0.1, -0.05) is 26.0 Å². The maximum atomic E-state index is 6.00. The van der Waals surface area contributed by atoms with Crippen molar-refractivity contribution in [3.8, 4) is 0 Å². The van der Waals surface area contributed by atoms with Gasteiger partial charge < -0.3 is 10.5 Å². The van der Waals surface area contributed by atoms with Gasteiger partial charge >= 0.3 is 0 Å². The minimum atomic E-state index is -0.0539. The zero-order chi connectivity index (χ0) is 13.6. The Kier molecular flexibility index (Phi) is 3.13. The first-order valence-corrected chi connectivity index (χ1v) is 6.56. The number of hydrogen-bond acceptors (Lipinski definition) is 4. The summed E-state index contributed by atoms with van der Waals surface area (Å²) < 4.78 is 7.90. The molecular formula is C13H24N4O. The smallest absolute Gasteiger partial charge is 0.169 e. The van der Waals surface area contributed by atoms with E-state index in [9.17, 15) is 0 Å². The van der Waals surface area contributed by atoms with E-state index in [-0.39, 0.29) is 17.1 Å². The van der Waals surface area contributed by atoms with Gasteiger partial charge in [-0.15, -0.1) is 5.10 Å². The van der Waals surface area contributed by atoms with Crippen LogP contribution >= 0.6 is 0 Å². The molecule has 102 valence electrons. The molecule has 0 aromatic carbocycles. The van der Waals surface area contributed by atoms with Crippen molar-refractivity contribution < 1.29 is 4.74 Å². The van der Waals surface area contributed by atoms with Crippen molar-refractivity contribution in [2.24, 2.45) is 0 Å². The summed E-state index contributed by atoms with van der Waals surface area (Å²) in [7, 11) is 0. The van der Waals surface area contributed by atoms with Gasteiger partial charge in [-0.2, -0.15) is 0 Å². The highest BCUT2D eigenvalue weighted by Gasteiger charge is 2.33. The molecule has 1 aromatic heterocycles. The van der Waals surface area contributed by atoms with Crippen molar-refractivity contribution >= 4 is 5.82 Å². The van der Waals surface area contributed by atoms with Crippen molar-refractivity contribution in [2.75, 3.05) is 5.73 Å². The largest absolute Gasteiger partial charge is 0.381 e. The molecular weight excluding hydrogens is 228 g/mol. The summed E-state index contributed by atoms with van der Waals surface area (Å²) in [6.45, 7) is 11.4. The van der Waals surface area contributed by atoms with E-state index in [4.69, 9.17) is 10.5 Å². The minimum absolute atomic E-state index is 0.0152. The quantitative estimate of drug-likeness (QED) is 0.875. The van der Waals surface area contributed by atoms with Gasteiger partial charge in [0.15, 0.2) is 5.82 Å². The predicted octanol–water partition coefficient (Wildman–Crippen LogP) is 2.12. The molecule has 2 N–H and O–H groups in total. The zero-order valence-corrected chi connectivity index (χ0v) is 12.0. The summed E-state index contributed by atoms with van der Waals surface area (Å²) in [5.41, 5.74) is 6.85. The van der Waals surface area contributed by atoms with Crippen molar-refractivity contribution in [1.82, 2.24) is 15.0 Å². The number of aromatic nitrogens is 3. The molecule has 0 saturated carbocycles. The second kappa shape index (κ2) is 4.23. The third kappa shape index (κ3) is 2.66. The van der Waals surface area contributed by atoms with Crippen LogP contribution in [0.3, 0.4) is 0 Å². The van der Waals surface area contributed by atoms with Crippen LogP contribution in [0.5, 0.6) is 0 Å². The molecule has 2 rings (SSSR count). The second-order valence-electron chi connectivity index (χ2n) is 6.79. The zero-order valence-electron chi connectivity index (χ0n) is 12.0. The van der Waals surface area contributed by atoms with E-state index in [1.165, 1.54) is 0 Å². The number of hydrogen-bond donors (Lipinski definition) is 1. The Morgan fingerprint density at radius 2 is 2.11 bits per heavy atom. The van der Waals surface area contributed by atoms with Gasteiger partial charge in [0.2, 0.25) is 0 Å². The van der Waals surface area contributed by atoms with Crippen molar-refractivity contribution in [1.29, 1.82) is 0 Å². The molecule has 1 aliphatic rings. The van der Waals surface area contributed by atoms with Crippen LogP contribution in [0.15, 0.2) is 0 Å². The van der Waals surface area contributed by atoms with Crippen molar-refractivity contribution in [2.45, 2.75) is 71.1 Å². The van der Waals surface area contributed by atoms with Gasteiger partial charge in [0.25, 0.3) is 0 Å². The van der Waals surface area contributed by atoms with Gasteiger partial charge in [0.1, 0.15) is 0 Å². The van der Waals surface area contributed by atoms with E-state index in [0.29, 0.717) is 5.82 Å². The van der Waals surface area contributed by atoms with Crippen LogP contribution in [-0.2, 0) is 16.7 Å². The molecule has 1 atom stereocenters. The Bertz CT molecular complexity index is 431. The van der Waals surface area contributed by atoms with E-state index in [0.717, 1.165) is 25.1 Å². The maximum Gasteiger partial charge on any atom is 0.169 e. The average molecular weight is 252 g/mol. The lowest BCUT2D eigenvalue weighted by Gasteiger charge is -2.23. The average Bonchev–Trinajstić information content (AvgIpc) is 2.69. The lowest BCUT2D eigenvalue weighted by molar-refractivity contribution is -0.0236. The van der Waals surface area contributed by atoms with Gasteiger partial charge in [-0.05, 0) is 26.7 Å². The normalized spacial score (nSPS) is 23.5. The Hall–Kier alpha value is -1.10. The molecule has 2 heterocycles. The van der Waals surface area contributed by atoms with Gasteiger partial charge in [-0.3, -0.25) is 0 Å². The summed E-state index contributed by atoms with van der Waals surface area (Å²) in [6.07, 6.45) is 2.37. The lowest BCUT2D eigenvalue weighted by atomic mass is 9.92. The number of nitrogens with zero attached hydrogens (tertiary/aromatic N) is 3. The molecule has 0 spiro atoms. The molecule has 1 unspecified atom stereocenters. The van der Waals surface area contributed by atoms with Crippen molar-refractivity contribution in [3.05, 3.63) is 5.69 Å². The first kappa shape index (κ1) is 13.3. The fraction of sp³-hybridized carbons (Fsp3) is 0.846. The predicted molar refractivity (Wildman–Crippen MR) is 71.3 cm³/mol. The third-order valence-electron chi connectivity index (χ3n) is 3.40. The molecule has 18 heavy (non-hydrogen) atoms. The molecule has 0 radical (unpaired) electrons. The van der Waals surface area contributed by atoms with E-state index in [2.05, 4.69) is 44.9 Å².